The summed E-state index contributed by atoms with van der Waals surface area (Å²) in [4.78, 5) is 6.02. The van der Waals surface area contributed by atoms with Gasteiger partial charge in [-0.2, -0.15) is 0 Å². The van der Waals surface area contributed by atoms with E-state index in [9.17, 15) is 0 Å². The van der Waals surface area contributed by atoms with Crippen molar-refractivity contribution in [3.63, 3.8) is 0 Å². The average molecular weight is 263 g/mol. The molecule has 0 amide bonds. The van der Waals surface area contributed by atoms with Crippen molar-refractivity contribution in [3.05, 3.63) is 35.3 Å². The zero-order chi connectivity index (χ0) is 12.3. The Hall–Kier alpha value is -0.800. The van der Waals surface area contributed by atoms with Crippen molar-refractivity contribution in [2.75, 3.05) is 6.26 Å². The van der Waals surface area contributed by atoms with Gasteiger partial charge in [0.05, 0.1) is 5.69 Å². The van der Waals surface area contributed by atoms with Crippen LogP contribution in [0.25, 0.3) is 10.6 Å². The van der Waals surface area contributed by atoms with Gasteiger partial charge in [0.2, 0.25) is 0 Å². The molecule has 0 saturated carbocycles. The van der Waals surface area contributed by atoms with Crippen LogP contribution >= 0.6 is 23.1 Å². The molecule has 2 rings (SSSR count). The SMILES string of the molecule is CCC(C)c1csc(-c2ccc(SC)cc2)n1. The molecule has 0 aliphatic rings. The van der Waals surface area contributed by atoms with E-state index in [4.69, 9.17) is 4.98 Å². The molecule has 1 unspecified atom stereocenters. The van der Waals surface area contributed by atoms with Crippen molar-refractivity contribution < 1.29 is 0 Å². The molecular formula is C14H17NS2. The standard InChI is InChI=1S/C14H17NS2/c1-4-10(2)13-9-17-14(15-13)11-5-7-12(16-3)8-6-11/h5-10H,4H2,1-3H3. The highest BCUT2D eigenvalue weighted by atomic mass is 32.2. The number of hydrogen-bond acceptors (Lipinski definition) is 3. The zero-order valence-corrected chi connectivity index (χ0v) is 12.1. The van der Waals surface area contributed by atoms with Crippen LogP contribution in [-0.4, -0.2) is 11.2 Å². The molecular weight excluding hydrogens is 246 g/mol. The topological polar surface area (TPSA) is 12.9 Å². The first-order chi connectivity index (χ1) is 8.24. The van der Waals surface area contributed by atoms with Crippen molar-refractivity contribution in [3.8, 4) is 10.6 Å². The van der Waals surface area contributed by atoms with Gasteiger partial charge in [-0.15, -0.1) is 23.1 Å². The maximum Gasteiger partial charge on any atom is 0.123 e. The van der Waals surface area contributed by atoms with Gasteiger partial charge in [0.15, 0.2) is 0 Å². The molecule has 0 aliphatic heterocycles. The summed E-state index contributed by atoms with van der Waals surface area (Å²) in [5, 5.41) is 3.32. The molecule has 1 aromatic heterocycles. The van der Waals surface area contributed by atoms with E-state index in [1.54, 1.807) is 23.1 Å². The molecule has 0 radical (unpaired) electrons. The van der Waals surface area contributed by atoms with Crippen LogP contribution in [-0.2, 0) is 0 Å². The first kappa shape index (κ1) is 12.7. The van der Waals surface area contributed by atoms with Crippen molar-refractivity contribution in [2.45, 2.75) is 31.1 Å². The molecule has 0 aliphatic carbocycles. The van der Waals surface area contributed by atoms with E-state index >= 15 is 0 Å². The molecule has 0 fully saturated rings. The van der Waals surface area contributed by atoms with Crippen LogP contribution in [0.2, 0.25) is 0 Å². The molecule has 1 aromatic carbocycles. The quantitative estimate of drug-likeness (QED) is 0.716. The molecule has 90 valence electrons. The van der Waals surface area contributed by atoms with Gasteiger partial charge in [-0.25, -0.2) is 4.98 Å². The van der Waals surface area contributed by atoms with Crippen molar-refractivity contribution in [1.29, 1.82) is 0 Å². The minimum Gasteiger partial charge on any atom is -0.241 e. The molecule has 3 heteroatoms. The van der Waals surface area contributed by atoms with Gasteiger partial charge in [-0.05, 0) is 30.7 Å². The van der Waals surface area contributed by atoms with Crippen LogP contribution < -0.4 is 0 Å². The van der Waals surface area contributed by atoms with Gasteiger partial charge in [-0.3, -0.25) is 0 Å². The lowest BCUT2D eigenvalue weighted by Gasteiger charge is -2.03. The maximum atomic E-state index is 4.72. The molecule has 0 N–H and O–H groups in total. The van der Waals surface area contributed by atoms with Crippen molar-refractivity contribution in [1.82, 2.24) is 4.98 Å². The Morgan fingerprint density at radius 3 is 2.59 bits per heavy atom. The zero-order valence-electron chi connectivity index (χ0n) is 10.4. The molecule has 0 spiro atoms. The summed E-state index contributed by atoms with van der Waals surface area (Å²) in [5.41, 5.74) is 2.45. The summed E-state index contributed by atoms with van der Waals surface area (Å²) < 4.78 is 0. The molecule has 1 atom stereocenters. The first-order valence-electron chi connectivity index (χ1n) is 5.84. The highest BCUT2D eigenvalue weighted by molar-refractivity contribution is 7.98. The second-order valence-corrected chi connectivity index (χ2v) is 5.85. The summed E-state index contributed by atoms with van der Waals surface area (Å²) >= 11 is 3.51. The Labute approximate surface area is 111 Å². The number of thiazole rings is 1. The summed E-state index contributed by atoms with van der Waals surface area (Å²) in [5.74, 6) is 0.561. The third-order valence-electron chi connectivity index (χ3n) is 2.98. The molecule has 17 heavy (non-hydrogen) atoms. The normalized spacial score (nSPS) is 12.6. The van der Waals surface area contributed by atoms with E-state index < -0.39 is 0 Å². The Morgan fingerprint density at radius 2 is 2.00 bits per heavy atom. The van der Waals surface area contributed by atoms with E-state index in [0.29, 0.717) is 5.92 Å². The Bertz CT molecular complexity index is 473. The monoisotopic (exact) mass is 263 g/mol. The van der Waals surface area contributed by atoms with Crippen molar-refractivity contribution in [2.24, 2.45) is 0 Å². The van der Waals surface area contributed by atoms with Gasteiger partial charge >= 0.3 is 0 Å². The summed E-state index contributed by atoms with van der Waals surface area (Å²) in [6.45, 7) is 4.44. The fourth-order valence-corrected chi connectivity index (χ4v) is 2.94. The second-order valence-electron chi connectivity index (χ2n) is 4.12. The maximum absolute atomic E-state index is 4.72. The van der Waals surface area contributed by atoms with E-state index in [-0.39, 0.29) is 0 Å². The summed E-state index contributed by atoms with van der Waals surface area (Å²) in [6.07, 6.45) is 3.24. The third-order valence-corrected chi connectivity index (χ3v) is 4.63. The van der Waals surface area contributed by atoms with E-state index in [1.165, 1.54) is 16.2 Å². The minimum absolute atomic E-state index is 0.561. The van der Waals surface area contributed by atoms with Crippen molar-refractivity contribution >= 4 is 23.1 Å². The molecule has 1 heterocycles. The van der Waals surface area contributed by atoms with Crippen LogP contribution in [0.15, 0.2) is 34.5 Å². The van der Waals surface area contributed by atoms with Crippen LogP contribution in [0.4, 0.5) is 0 Å². The van der Waals surface area contributed by atoms with E-state index in [0.717, 1.165) is 11.4 Å². The third kappa shape index (κ3) is 2.90. The Morgan fingerprint density at radius 1 is 1.29 bits per heavy atom. The van der Waals surface area contributed by atoms with Gasteiger partial charge < -0.3 is 0 Å². The largest absolute Gasteiger partial charge is 0.241 e. The number of thioether (sulfide) groups is 1. The molecule has 0 saturated heterocycles. The molecule has 2 aromatic rings. The highest BCUT2D eigenvalue weighted by Crippen LogP contribution is 2.29. The van der Waals surface area contributed by atoms with E-state index in [2.05, 4.69) is 49.7 Å². The first-order valence-corrected chi connectivity index (χ1v) is 7.95. The smallest absolute Gasteiger partial charge is 0.123 e. The second kappa shape index (κ2) is 5.69. The fraction of sp³-hybridized carbons (Fsp3) is 0.357. The van der Waals surface area contributed by atoms with Crippen LogP contribution in [0.5, 0.6) is 0 Å². The number of nitrogens with zero attached hydrogens (tertiary/aromatic N) is 1. The van der Waals surface area contributed by atoms with Gasteiger partial charge in [0, 0.05) is 15.8 Å². The lowest BCUT2D eigenvalue weighted by Crippen LogP contribution is -1.90. The fourth-order valence-electron chi connectivity index (χ4n) is 1.59. The van der Waals surface area contributed by atoms with Gasteiger partial charge in [-0.1, -0.05) is 26.0 Å². The average Bonchev–Trinajstić information content (AvgIpc) is 2.87. The summed E-state index contributed by atoms with van der Waals surface area (Å²) in [7, 11) is 0. The molecule has 1 nitrogen and oxygen atoms in total. The highest BCUT2D eigenvalue weighted by Gasteiger charge is 2.09. The lowest BCUT2D eigenvalue weighted by atomic mass is 10.1. The number of benzene rings is 1. The summed E-state index contributed by atoms with van der Waals surface area (Å²) in [6, 6.07) is 8.63. The van der Waals surface area contributed by atoms with Crippen LogP contribution in [0.1, 0.15) is 31.9 Å². The van der Waals surface area contributed by atoms with Crippen LogP contribution in [0, 0.1) is 0 Å². The molecule has 0 bridgehead atoms. The van der Waals surface area contributed by atoms with Gasteiger partial charge in [0.25, 0.3) is 0 Å². The predicted octanol–water partition coefficient (Wildman–Crippen LogP) is 5.05. The van der Waals surface area contributed by atoms with Gasteiger partial charge in [0.1, 0.15) is 5.01 Å². The Balaban J connectivity index is 2.24. The number of hydrogen-bond donors (Lipinski definition) is 0. The van der Waals surface area contributed by atoms with E-state index in [1.807, 2.05) is 0 Å². The minimum atomic E-state index is 0.561. The predicted molar refractivity (Wildman–Crippen MR) is 78.0 cm³/mol. The lowest BCUT2D eigenvalue weighted by molar-refractivity contribution is 0.714. The van der Waals surface area contributed by atoms with Crippen LogP contribution in [0.3, 0.4) is 0 Å². The number of rotatable bonds is 4. The number of aromatic nitrogens is 1. The Kier molecular flexibility index (Phi) is 4.24.